The minimum Gasteiger partial charge on any atom is -0.444 e. The number of carbonyl (C=O) groups is 1. The highest BCUT2D eigenvalue weighted by Crippen LogP contribution is 2.22. The topological polar surface area (TPSA) is 59.5 Å². The molecule has 0 aliphatic carbocycles. The van der Waals surface area contributed by atoms with Gasteiger partial charge in [-0.05, 0) is 52.2 Å². The number of rotatable bonds is 3. The summed E-state index contributed by atoms with van der Waals surface area (Å²) in [5, 5.41) is 0.571. The van der Waals surface area contributed by atoms with Crippen LogP contribution in [0.15, 0.2) is 23.4 Å². The molecule has 2 atom stereocenters. The zero-order valence-electron chi connectivity index (χ0n) is 13.7. The molecule has 1 saturated heterocycles. The highest BCUT2D eigenvalue weighted by molar-refractivity contribution is 7.85. The predicted molar refractivity (Wildman–Crippen MR) is 86.2 cm³/mol. The second-order valence-corrected chi connectivity index (χ2v) is 8.10. The van der Waals surface area contributed by atoms with Crippen LogP contribution in [0, 0.1) is 6.92 Å². The second kappa shape index (κ2) is 6.77. The Balaban J connectivity index is 2.00. The third-order valence-corrected chi connectivity index (χ3v) is 4.86. The molecule has 0 unspecified atom stereocenters. The number of likely N-dealkylation sites (tertiary alicyclic amines) is 1. The maximum atomic E-state index is 12.4. The Kier molecular flexibility index (Phi) is 5.21. The van der Waals surface area contributed by atoms with Crippen molar-refractivity contribution in [3.63, 3.8) is 0 Å². The van der Waals surface area contributed by atoms with E-state index in [9.17, 15) is 9.00 Å². The number of aromatic nitrogens is 1. The van der Waals surface area contributed by atoms with Crippen LogP contribution in [0.4, 0.5) is 4.79 Å². The fourth-order valence-corrected chi connectivity index (χ4v) is 3.68. The van der Waals surface area contributed by atoms with E-state index in [1.807, 2.05) is 33.8 Å². The zero-order valence-corrected chi connectivity index (χ0v) is 14.5. The summed E-state index contributed by atoms with van der Waals surface area (Å²) >= 11 is 0. The Morgan fingerprint density at radius 3 is 2.77 bits per heavy atom. The summed E-state index contributed by atoms with van der Waals surface area (Å²) in [6.07, 6.45) is 3.18. The monoisotopic (exact) mass is 324 g/mol. The van der Waals surface area contributed by atoms with Gasteiger partial charge < -0.3 is 9.64 Å². The van der Waals surface area contributed by atoms with Crippen LogP contribution in [0.25, 0.3) is 0 Å². The van der Waals surface area contributed by atoms with Crippen LogP contribution in [-0.2, 0) is 15.5 Å². The number of amides is 1. The van der Waals surface area contributed by atoms with Gasteiger partial charge >= 0.3 is 6.09 Å². The summed E-state index contributed by atoms with van der Waals surface area (Å²) in [5.41, 5.74) is 0.527. The Morgan fingerprint density at radius 2 is 2.18 bits per heavy atom. The molecule has 2 heterocycles. The summed E-state index contributed by atoms with van der Waals surface area (Å²) in [7, 11) is -1.20. The third kappa shape index (κ3) is 4.53. The average molecular weight is 324 g/mol. The van der Waals surface area contributed by atoms with E-state index in [1.54, 1.807) is 17.2 Å². The van der Waals surface area contributed by atoms with Gasteiger partial charge in [0.05, 0.1) is 16.6 Å². The normalized spacial score (nSPS) is 20.0. The van der Waals surface area contributed by atoms with Crippen LogP contribution in [0.1, 0.15) is 39.2 Å². The maximum Gasteiger partial charge on any atom is 0.410 e. The van der Waals surface area contributed by atoms with Gasteiger partial charge in [-0.2, -0.15) is 0 Å². The molecule has 2 rings (SSSR count). The number of aryl methyl sites for hydroxylation is 1. The van der Waals surface area contributed by atoms with Gasteiger partial charge in [-0.1, -0.05) is 6.07 Å². The first-order valence-electron chi connectivity index (χ1n) is 7.57. The summed E-state index contributed by atoms with van der Waals surface area (Å²) in [6, 6.07) is 3.65. The number of ether oxygens (including phenoxy) is 1. The lowest BCUT2D eigenvalue weighted by Gasteiger charge is -2.28. The summed E-state index contributed by atoms with van der Waals surface area (Å²) in [5.74, 6) is 0.412. The zero-order chi connectivity index (χ0) is 16.3. The van der Waals surface area contributed by atoms with Gasteiger partial charge in [0.2, 0.25) is 0 Å². The van der Waals surface area contributed by atoms with Crippen molar-refractivity contribution in [1.82, 2.24) is 9.88 Å². The van der Waals surface area contributed by atoms with Crippen LogP contribution in [-0.4, -0.2) is 44.1 Å². The second-order valence-electron chi connectivity index (χ2n) is 6.66. The number of nitrogens with zero attached hydrogens (tertiary/aromatic N) is 2. The van der Waals surface area contributed by atoms with Gasteiger partial charge in [-0.15, -0.1) is 0 Å². The Morgan fingerprint density at radius 1 is 1.45 bits per heavy atom. The molecule has 6 heteroatoms. The number of carbonyl (C=O) groups excluding carboxylic acids is 1. The van der Waals surface area contributed by atoms with Crippen LogP contribution in [0.3, 0.4) is 0 Å². The number of pyridine rings is 1. The van der Waals surface area contributed by atoms with Gasteiger partial charge in [-0.25, -0.2) is 9.78 Å². The van der Waals surface area contributed by atoms with Gasteiger partial charge in [-0.3, -0.25) is 4.21 Å². The Bertz CT molecular complexity index is 552. The molecule has 0 spiro atoms. The van der Waals surface area contributed by atoms with Crippen LogP contribution in [0.5, 0.6) is 0 Å². The van der Waals surface area contributed by atoms with Crippen molar-refractivity contribution in [2.24, 2.45) is 0 Å². The SMILES string of the molecule is Cc1ccc([S@@](=O)C[C@@H]2CCCN2C(=O)OC(C)(C)C)nc1. The van der Waals surface area contributed by atoms with E-state index >= 15 is 0 Å². The lowest BCUT2D eigenvalue weighted by atomic mass is 10.2. The maximum absolute atomic E-state index is 12.4. The number of hydrogen-bond acceptors (Lipinski definition) is 4. The predicted octanol–water partition coefficient (Wildman–Crippen LogP) is 2.90. The minimum absolute atomic E-state index is 0.0428. The van der Waals surface area contributed by atoms with E-state index in [2.05, 4.69) is 4.98 Å². The smallest absolute Gasteiger partial charge is 0.410 e. The molecular formula is C16H24N2O3S. The van der Waals surface area contributed by atoms with Crippen molar-refractivity contribution in [1.29, 1.82) is 0 Å². The van der Waals surface area contributed by atoms with E-state index in [4.69, 9.17) is 4.74 Å². The van der Waals surface area contributed by atoms with E-state index in [-0.39, 0.29) is 12.1 Å². The van der Waals surface area contributed by atoms with E-state index in [0.717, 1.165) is 18.4 Å². The first kappa shape index (κ1) is 16.9. The van der Waals surface area contributed by atoms with Crippen LogP contribution in [0.2, 0.25) is 0 Å². The van der Waals surface area contributed by atoms with Gasteiger partial charge in [0.25, 0.3) is 0 Å². The van der Waals surface area contributed by atoms with Crippen LogP contribution >= 0.6 is 0 Å². The van der Waals surface area contributed by atoms with E-state index in [0.29, 0.717) is 17.3 Å². The summed E-state index contributed by atoms with van der Waals surface area (Å²) in [4.78, 5) is 18.1. The molecule has 22 heavy (non-hydrogen) atoms. The van der Waals surface area contributed by atoms with Crippen molar-refractivity contribution in [2.45, 2.75) is 57.2 Å². The lowest BCUT2D eigenvalue weighted by Crippen LogP contribution is -2.42. The molecule has 5 nitrogen and oxygen atoms in total. The van der Waals surface area contributed by atoms with E-state index < -0.39 is 16.4 Å². The summed E-state index contributed by atoms with van der Waals surface area (Å²) < 4.78 is 17.9. The molecule has 1 aromatic rings. The van der Waals surface area contributed by atoms with Gasteiger partial charge in [0.1, 0.15) is 10.6 Å². The molecule has 0 N–H and O–H groups in total. The van der Waals surface area contributed by atoms with Crippen molar-refractivity contribution in [3.8, 4) is 0 Å². The molecular weight excluding hydrogens is 300 g/mol. The first-order valence-corrected chi connectivity index (χ1v) is 8.89. The molecule has 0 aromatic carbocycles. The Labute approximate surface area is 134 Å². The highest BCUT2D eigenvalue weighted by atomic mass is 32.2. The fourth-order valence-electron chi connectivity index (χ4n) is 2.42. The molecule has 1 aliphatic rings. The molecule has 0 radical (unpaired) electrons. The van der Waals surface area contributed by atoms with Gasteiger partial charge in [0.15, 0.2) is 0 Å². The lowest BCUT2D eigenvalue weighted by molar-refractivity contribution is 0.0241. The number of hydrogen-bond donors (Lipinski definition) is 0. The molecule has 1 amide bonds. The Hall–Kier alpha value is -1.43. The van der Waals surface area contributed by atoms with Gasteiger partial charge in [0, 0.05) is 18.8 Å². The summed E-state index contributed by atoms with van der Waals surface area (Å²) in [6.45, 7) is 8.16. The third-order valence-electron chi connectivity index (χ3n) is 3.47. The minimum atomic E-state index is -1.20. The molecule has 1 aliphatic heterocycles. The molecule has 1 fully saturated rings. The largest absolute Gasteiger partial charge is 0.444 e. The molecule has 1 aromatic heterocycles. The molecule has 122 valence electrons. The fraction of sp³-hybridized carbons (Fsp3) is 0.625. The van der Waals surface area contributed by atoms with Crippen molar-refractivity contribution in [3.05, 3.63) is 23.9 Å². The van der Waals surface area contributed by atoms with Crippen molar-refractivity contribution >= 4 is 16.9 Å². The quantitative estimate of drug-likeness (QED) is 0.858. The standard InChI is InChI=1S/C16H24N2O3S/c1-12-7-8-14(17-10-12)22(20)11-13-6-5-9-18(13)15(19)21-16(2,3)4/h7-8,10,13H,5-6,9,11H2,1-4H3/t13-,22-/m0/s1. The van der Waals surface area contributed by atoms with Crippen molar-refractivity contribution in [2.75, 3.05) is 12.3 Å². The molecule has 0 saturated carbocycles. The highest BCUT2D eigenvalue weighted by Gasteiger charge is 2.33. The van der Waals surface area contributed by atoms with E-state index in [1.165, 1.54) is 0 Å². The first-order chi connectivity index (χ1) is 10.3. The molecule has 0 bridgehead atoms. The average Bonchev–Trinajstić information content (AvgIpc) is 2.85. The van der Waals surface area contributed by atoms with Crippen LogP contribution < -0.4 is 0 Å². The van der Waals surface area contributed by atoms with Crippen molar-refractivity contribution < 1.29 is 13.7 Å².